The Morgan fingerprint density at radius 2 is 1.92 bits per heavy atom. The molecule has 0 radical (unpaired) electrons. The molecule has 2 aromatic heterocycles. The van der Waals surface area contributed by atoms with Crippen LogP contribution in [0.4, 0.5) is 0 Å². The SMILES string of the molecule is Cc1cccc(C)c1Oc1c(C(=O)N2CCNCC2)c2ncc(OCC(=O)O)cc2n1C1=CC=CCC1. The number of fused-ring (bicyclic) bond motifs is 1. The van der Waals surface area contributed by atoms with Gasteiger partial charge in [0.25, 0.3) is 5.91 Å². The number of nitrogens with one attached hydrogen (secondary N) is 1. The van der Waals surface area contributed by atoms with Gasteiger partial charge in [0.05, 0.1) is 11.7 Å². The maximum atomic E-state index is 14.0. The van der Waals surface area contributed by atoms with E-state index < -0.39 is 12.6 Å². The predicted octanol–water partition coefficient (Wildman–Crippen LogP) is 4.15. The number of aryl methyl sites for hydroxylation is 2. The molecule has 0 bridgehead atoms. The summed E-state index contributed by atoms with van der Waals surface area (Å²) in [6.45, 7) is 6.07. The van der Waals surface area contributed by atoms with E-state index in [4.69, 9.17) is 14.6 Å². The standard InChI is InChI=1S/C28H30N4O5/c1-18-7-6-8-19(2)26(18)37-28-24(27(35)31-13-11-29-12-14-31)25-22(32(28)20-9-4-3-5-10-20)15-21(16-30-25)36-17-23(33)34/h3-4,6-9,15-16,29H,5,10-14,17H2,1-2H3,(H,33,34). The van der Waals surface area contributed by atoms with Gasteiger partial charge in [0.2, 0.25) is 5.88 Å². The number of hydrogen-bond acceptors (Lipinski definition) is 6. The van der Waals surface area contributed by atoms with E-state index >= 15 is 0 Å². The van der Waals surface area contributed by atoms with Crippen LogP contribution in [0.25, 0.3) is 16.7 Å². The van der Waals surface area contributed by atoms with E-state index in [1.54, 1.807) is 6.07 Å². The van der Waals surface area contributed by atoms with E-state index in [9.17, 15) is 9.59 Å². The number of benzene rings is 1. The van der Waals surface area contributed by atoms with Crippen molar-refractivity contribution >= 4 is 28.6 Å². The van der Waals surface area contributed by atoms with E-state index in [2.05, 4.69) is 16.4 Å². The number of nitrogens with zero attached hydrogens (tertiary/aromatic N) is 3. The number of carbonyl (C=O) groups is 2. The average molecular weight is 503 g/mol. The van der Waals surface area contributed by atoms with Gasteiger partial charge in [0, 0.05) is 37.9 Å². The maximum absolute atomic E-state index is 14.0. The van der Waals surface area contributed by atoms with Crippen LogP contribution < -0.4 is 14.8 Å². The number of carboxylic acid groups (broad SMARTS) is 1. The highest BCUT2D eigenvalue weighted by atomic mass is 16.5. The Labute approximate surface area is 215 Å². The zero-order valence-corrected chi connectivity index (χ0v) is 21.0. The average Bonchev–Trinajstić information content (AvgIpc) is 3.23. The van der Waals surface area contributed by atoms with Gasteiger partial charge in [-0.1, -0.05) is 30.4 Å². The second-order valence-electron chi connectivity index (χ2n) is 9.23. The number of hydrogen-bond donors (Lipinski definition) is 2. The van der Waals surface area contributed by atoms with Gasteiger partial charge in [-0.3, -0.25) is 9.36 Å². The Balaban J connectivity index is 1.75. The van der Waals surface area contributed by atoms with Gasteiger partial charge in [-0.05, 0) is 43.9 Å². The molecular formula is C28H30N4O5. The fourth-order valence-corrected chi connectivity index (χ4v) is 4.78. The fourth-order valence-electron chi connectivity index (χ4n) is 4.78. The van der Waals surface area contributed by atoms with Gasteiger partial charge in [0.15, 0.2) is 6.61 Å². The smallest absolute Gasteiger partial charge is 0.341 e. The minimum Gasteiger partial charge on any atom is -0.480 e. The van der Waals surface area contributed by atoms with Crippen LogP contribution in [-0.4, -0.2) is 64.2 Å². The number of para-hydroxylation sites is 1. The molecule has 2 aliphatic rings. The largest absolute Gasteiger partial charge is 0.480 e. The summed E-state index contributed by atoms with van der Waals surface area (Å²) >= 11 is 0. The highest BCUT2D eigenvalue weighted by Crippen LogP contribution is 2.41. The van der Waals surface area contributed by atoms with Crippen molar-refractivity contribution in [3.63, 3.8) is 0 Å². The summed E-state index contributed by atoms with van der Waals surface area (Å²) in [7, 11) is 0. The number of allylic oxidation sites excluding steroid dienone is 4. The fraction of sp³-hybridized carbons (Fsp3) is 0.321. The minimum atomic E-state index is -1.08. The Hall–Kier alpha value is -4.11. The molecule has 192 valence electrons. The van der Waals surface area contributed by atoms with Gasteiger partial charge < -0.3 is 24.8 Å². The van der Waals surface area contributed by atoms with Crippen molar-refractivity contribution < 1.29 is 24.2 Å². The van der Waals surface area contributed by atoms with Crippen LogP contribution in [0.2, 0.25) is 0 Å². The Morgan fingerprint density at radius 3 is 2.59 bits per heavy atom. The number of pyridine rings is 1. The topological polar surface area (TPSA) is 106 Å². The van der Waals surface area contributed by atoms with Crippen molar-refractivity contribution in [2.45, 2.75) is 26.7 Å². The lowest BCUT2D eigenvalue weighted by Gasteiger charge is -2.27. The molecular weight excluding hydrogens is 472 g/mol. The first kappa shape index (κ1) is 24.6. The molecule has 2 N–H and O–H groups in total. The third-order valence-corrected chi connectivity index (χ3v) is 6.60. The molecule has 0 unspecified atom stereocenters. The second kappa shape index (κ2) is 10.5. The highest BCUT2D eigenvalue weighted by Gasteiger charge is 2.32. The molecule has 37 heavy (non-hydrogen) atoms. The molecule has 5 rings (SSSR count). The van der Waals surface area contributed by atoms with Gasteiger partial charge in [-0.25, -0.2) is 9.78 Å². The van der Waals surface area contributed by atoms with Gasteiger partial charge in [0.1, 0.15) is 22.6 Å². The third kappa shape index (κ3) is 4.95. The van der Waals surface area contributed by atoms with Crippen LogP contribution in [0.5, 0.6) is 17.4 Å². The van der Waals surface area contributed by atoms with Crippen molar-refractivity contribution in [1.82, 2.24) is 19.8 Å². The Bertz CT molecular complexity index is 1400. The van der Waals surface area contributed by atoms with E-state index in [0.29, 0.717) is 60.2 Å². The number of carboxylic acids is 1. The molecule has 1 aromatic carbocycles. The first-order valence-electron chi connectivity index (χ1n) is 12.4. The summed E-state index contributed by atoms with van der Waals surface area (Å²) in [5, 5.41) is 12.4. The van der Waals surface area contributed by atoms with Gasteiger partial charge >= 0.3 is 5.97 Å². The quantitative estimate of drug-likeness (QED) is 0.500. The summed E-state index contributed by atoms with van der Waals surface area (Å²) < 4.78 is 14.0. The van der Waals surface area contributed by atoms with E-state index in [1.807, 2.05) is 53.7 Å². The molecule has 9 heteroatoms. The number of amides is 1. The molecule has 0 saturated carbocycles. The van der Waals surface area contributed by atoms with Crippen LogP contribution in [0.15, 0.2) is 48.7 Å². The molecule has 0 atom stereocenters. The summed E-state index contributed by atoms with van der Waals surface area (Å²) in [5.41, 5.74) is 4.36. The minimum absolute atomic E-state index is 0.148. The summed E-state index contributed by atoms with van der Waals surface area (Å²) in [5.74, 6) is 0.172. The lowest BCUT2D eigenvalue weighted by atomic mass is 10.1. The molecule has 1 aliphatic heterocycles. The van der Waals surface area contributed by atoms with E-state index in [-0.39, 0.29) is 5.91 Å². The normalized spacial score (nSPS) is 15.5. The molecule has 1 amide bonds. The number of carbonyl (C=O) groups excluding carboxylic acids is 1. The van der Waals surface area contributed by atoms with Gasteiger partial charge in [-0.2, -0.15) is 0 Å². The lowest BCUT2D eigenvalue weighted by Crippen LogP contribution is -2.46. The predicted molar refractivity (Wildman–Crippen MR) is 140 cm³/mol. The lowest BCUT2D eigenvalue weighted by molar-refractivity contribution is -0.139. The number of aliphatic carboxylic acids is 1. The Morgan fingerprint density at radius 1 is 1.16 bits per heavy atom. The number of piperazine rings is 1. The van der Waals surface area contributed by atoms with Crippen molar-refractivity contribution in [3.8, 4) is 17.4 Å². The number of ether oxygens (including phenoxy) is 2. The zero-order chi connectivity index (χ0) is 25.9. The van der Waals surface area contributed by atoms with E-state index in [1.165, 1.54) is 6.20 Å². The third-order valence-electron chi connectivity index (χ3n) is 6.60. The van der Waals surface area contributed by atoms with Crippen LogP contribution >= 0.6 is 0 Å². The molecule has 3 aromatic rings. The first-order chi connectivity index (χ1) is 17.9. The number of rotatable bonds is 7. The summed E-state index contributed by atoms with van der Waals surface area (Å²) in [6, 6.07) is 7.66. The van der Waals surface area contributed by atoms with Crippen molar-refractivity contribution in [2.75, 3.05) is 32.8 Å². The first-order valence-corrected chi connectivity index (χ1v) is 12.4. The summed E-state index contributed by atoms with van der Waals surface area (Å²) in [6.07, 6.45) is 9.13. The molecule has 3 heterocycles. The van der Waals surface area contributed by atoms with Crippen molar-refractivity contribution in [2.24, 2.45) is 0 Å². The molecule has 0 spiro atoms. The molecule has 1 saturated heterocycles. The zero-order valence-electron chi connectivity index (χ0n) is 21.0. The molecule has 9 nitrogen and oxygen atoms in total. The highest BCUT2D eigenvalue weighted by molar-refractivity contribution is 6.09. The monoisotopic (exact) mass is 502 g/mol. The summed E-state index contributed by atoms with van der Waals surface area (Å²) in [4.78, 5) is 31.5. The van der Waals surface area contributed by atoms with Crippen molar-refractivity contribution in [1.29, 1.82) is 0 Å². The molecule has 1 fully saturated rings. The van der Waals surface area contributed by atoms with Crippen LogP contribution in [0, 0.1) is 13.8 Å². The van der Waals surface area contributed by atoms with Crippen LogP contribution in [-0.2, 0) is 4.79 Å². The Kier molecular flexibility index (Phi) is 6.96. The van der Waals surface area contributed by atoms with Crippen LogP contribution in [0.1, 0.15) is 34.3 Å². The van der Waals surface area contributed by atoms with Gasteiger partial charge in [-0.15, -0.1) is 0 Å². The number of aromatic nitrogens is 2. The van der Waals surface area contributed by atoms with Crippen molar-refractivity contribution in [3.05, 3.63) is 65.4 Å². The van der Waals surface area contributed by atoms with E-state index in [0.717, 1.165) is 29.7 Å². The second-order valence-corrected chi connectivity index (χ2v) is 9.23. The molecule has 1 aliphatic carbocycles. The van der Waals surface area contributed by atoms with Crippen LogP contribution in [0.3, 0.4) is 0 Å². The maximum Gasteiger partial charge on any atom is 0.341 e.